The first-order valence-electron chi connectivity index (χ1n) is 8.47. The third-order valence-corrected chi connectivity index (χ3v) is 4.26. The number of carbonyl (C=O) groups excluding carboxylic acids is 3. The summed E-state index contributed by atoms with van der Waals surface area (Å²) < 4.78 is 5.08. The minimum Gasteiger partial charge on any atom is -0.454 e. The van der Waals surface area contributed by atoms with E-state index in [0.717, 1.165) is 17.7 Å². The molecule has 26 heavy (non-hydrogen) atoms. The molecule has 0 radical (unpaired) electrons. The molecule has 0 aliphatic carbocycles. The monoisotopic (exact) mass is 352 g/mol. The van der Waals surface area contributed by atoms with E-state index in [1.54, 1.807) is 35.2 Å². The lowest BCUT2D eigenvalue weighted by molar-refractivity contribution is -0.149. The molecular weight excluding hydrogens is 332 g/mol. The number of nitrogens with zero attached hydrogens (tertiary/aromatic N) is 1. The van der Waals surface area contributed by atoms with Gasteiger partial charge in [-0.2, -0.15) is 0 Å². The van der Waals surface area contributed by atoms with Crippen molar-refractivity contribution in [3.05, 3.63) is 65.7 Å². The number of esters is 1. The average Bonchev–Trinajstić information content (AvgIpc) is 3.10. The van der Waals surface area contributed by atoms with Crippen LogP contribution in [0.25, 0.3) is 0 Å². The molecule has 1 aliphatic rings. The molecular formula is C20H20N2O4. The minimum atomic E-state index is -0.846. The van der Waals surface area contributed by atoms with Crippen molar-refractivity contribution in [2.45, 2.75) is 19.4 Å². The van der Waals surface area contributed by atoms with Crippen LogP contribution in [0.4, 0.5) is 5.69 Å². The number of hydrogen-bond donors (Lipinski definition) is 1. The zero-order chi connectivity index (χ0) is 18.5. The molecule has 134 valence electrons. The van der Waals surface area contributed by atoms with Crippen LogP contribution >= 0.6 is 0 Å². The fraction of sp³-hybridized carbons (Fsp3) is 0.250. The zero-order valence-electron chi connectivity index (χ0n) is 14.5. The smallest absolute Gasteiger partial charge is 0.328 e. The number of fused-ring (bicyclic) bond motifs is 1. The summed E-state index contributed by atoms with van der Waals surface area (Å²) >= 11 is 0. The van der Waals surface area contributed by atoms with Crippen LogP contribution in [-0.4, -0.2) is 37.0 Å². The molecule has 1 aliphatic heterocycles. The topological polar surface area (TPSA) is 75.7 Å². The molecule has 0 saturated carbocycles. The molecule has 1 heterocycles. The predicted molar refractivity (Wildman–Crippen MR) is 96.8 cm³/mol. The lowest BCUT2D eigenvalue weighted by Gasteiger charge is -2.18. The second kappa shape index (κ2) is 7.82. The van der Waals surface area contributed by atoms with E-state index in [9.17, 15) is 14.4 Å². The summed E-state index contributed by atoms with van der Waals surface area (Å²) in [5.74, 6) is -1.28. The van der Waals surface area contributed by atoms with Crippen LogP contribution in [0.15, 0.2) is 54.6 Å². The van der Waals surface area contributed by atoms with E-state index < -0.39 is 12.0 Å². The number of benzene rings is 2. The van der Waals surface area contributed by atoms with Crippen LogP contribution < -0.4 is 10.2 Å². The number of rotatable bonds is 5. The number of para-hydroxylation sites is 1. The molecule has 2 aromatic rings. The SMILES string of the molecule is C[C@H](NC(=O)c1ccccc1)C(=O)OCC(=O)N1CCc2ccccc21. The van der Waals surface area contributed by atoms with E-state index in [2.05, 4.69) is 5.32 Å². The molecule has 2 amide bonds. The van der Waals surface area contributed by atoms with Crippen molar-refractivity contribution in [3.63, 3.8) is 0 Å². The van der Waals surface area contributed by atoms with Gasteiger partial charge in [-0.3, -0.25) is 9.59 Å². The largest absolute Gasteiger partial charge is 0.454 e. The third kappa shape index (κ3) is 3.91. The Hall–Kier alpha value is -3.15. The molecule has 3 rings (SSSR count). The molecule has 1 atom stereocenters. The van der Waals surface area contributed by atoms with E-state index >= 15 is 0 Å². The Morgan fingerprint density at radius 2 is 1.77 bits per heavy atom. The number of amides is 2. The lowest BCUT2D eigenvalue weighted by Crippen LogP contribution is -2.41. The van der Waals surface area contributed by atoms with Crippen LogP contribution in [0.3, 0.4) is 0 Å². The quantitative estimate of drug-likeness (QED) is 0.835. The molecule has 0 saturated heterocycles. The number of hydrogen-bond acceptors (Lipinski definition) is 4. The first kappa shape index (κ1) is 17.7. The Balaban J connectivity index is 1.51. The Morgan fingerprint density at radius 3 is 2.54 bits per heavy atom. The van der Waals surface area contributed by atoms with Crippen molar-refractivity contribution in [1.82, 2.24) is 5.32 Å². The van der Waals surface area contributed by atoms with Crippen molar-refractivity contribution in [2.24, 2.45) is 0 Å². The highest BCUT2D eigenvalue weighted by molar-refractivity contribution is 5.98. The molecule has 2 aromatic carbocycles. The normalized spacial score (nSPS) is 13.7. The van der Waals surface area contributed by atoms with Crippen LogP contribution in [0, 0.1) is 0 Å². The van der Waals surface area contributed by atoms with Gasteiger partial charge in [0.25, 0.3) is 11.8 Å². The Bertz CT molecular complexity index is 820. The summed E-state index contributed by atoms with van der Waals surface area (Å²) in [5, 5.41) is 2.57. The summed E-state index contributed by atoms with van der Waals surface area (Å²) in [6, 6.07) is 15.4. The van der Waals surface area contributed by atoms with Crippen molar-refractivity contribution in [2.75, 3.05) is 18.1 Å². The second-order valence-electron chi connectivity index (χ2n) is 6.09. The van der Waals surface area contributed by atoms with Gasteiger partial charge in [0.1, 0.15) is 6.04 Å². The van der Waals surface area contributed by atoms with Crippen LogP contribution in [0.5, 0.6) is 0 Å². The summed E-state index contributed by atoms with van der Waals surface area (Å²) in [6.45, 7) is 1.76. The lowest BCUT2D eigenvalue weighted by atomic mass is 10.2. The van der Waals surface area contributed by atoms with Crippen LogP contribution in [0.2, 0.25) is 0 Å². The number of anilines is 1. The van der Waals surface area contributed by atoms with E-state index in [0.29, 0.717) is 12.1 Å². The Labute approximate surface area is 151 Å². The highest BCUT2D eigenvalue weighted by Gasteiger charge is 2.26. The fourth-order valence-corrected chi connectivity index (χ4v) is 2.86. The maximum atomic E-state index is 12.3. The average molecular weight is 352 g/mol. The van der Waals surface area contributed by atoms with Crippen molar-refractivity contribution >= 4 is 23.5 Å². The summed E-state index contributed by atoms with van der Waals surface area (Å²) in [4.78, 5) is 38.1. The van der Waals surface area contributed by atoms with Gasteiger partial charge in [0, 0.05) is 17.8 Å². The molecule has 0 spiro atoms. The molecule has 0 fully saturated rings. The summed E-state index contributed by atoms with van der Waals surface area (Å²) in [7, 11) is 0. The summed E-state index contributed by atoms with van der Waals surface area (Å²) in [5.41, 5.74) is 2.42. The predicted octanol–water partition coefficient (Wildman–Crippen LogP) is 1.94. The first-order valence-corrected chi connectivity index (χ1v) is 8.47. The van der Waals surface area contributed by atoms with Gasteiger partial charge in [0.2, 0.25) is 0 Å². The molecule has 1 N–H and O–H groups in total. The van der Waals surface area contributed by atoms with Crippen molar-refractivity contribution in [1.29, 1.82) is 0 Å². The molecule has 6 nitrogen and oxygen atoms in total. The zero-order valence-corrected chi connectivity index (χ0v) is 14.5. The third-order valence-electron chi connectivity index (χ3n) is 4.26. The highest BCUT2D eigenvalue weighted by atomic mass is 16.5. The standard InChI is InChI=1S/C20H20N2O4/c1-14(21-19(24)16-8-3-2-4-9-16)20(25)26-13-18(23)22-12-11-15-7-5-6-10-17(15)22/h2-10,14H,11-13H2,1H3,(H,21,24)/t14-/m0/s1. The Kier molecular flexibility index (Phi) is 5.31. The van der Waals surface area contributed by atoms with Gasteiger partial charge in [-0.15, -0.1) is 0 Å². The van der Waals surface area contributed by atoms with Gasteiger partial charge in [-0.05, 0) is 37.1 Å². The number of nitrogens with one attached hydrogen (secondary N) is 1. The summed E-state index contributed by atoms with van der Waals surface area (Å²) in [6.07, 6.45) is 0.791. The van der Waals surface area contributed by atoms with E-state index in [1.807, 2.05) is 24.3 Å². The van der Waals surface area contributed by atoms with Crippen molar-refractivity contribution in [3.8, 4) is 0 Å². The maximum absolute atomic E-state index is 12.3. The fourth-order valence-electron chi connectivity index (χ4n) is 2.86. The second-order valence-corrected chi connectivity index (χ2v) is 6.09. The van der Waals surface area contributed by atoms with Gasteiger partial charge in [-0.25, -0.2) is 4.79 Å². The first-order chi connectivity index (χ1) is 12.6. The number of carbonyl (C=O) groups is 3. The van der Waals surface area contributed by atoms with Crippen LogP contribution in [0.1, 0.15) is 22.8 Å². The minimum absolute atomic E-state index is 0.273. The molecule has 0 unspecified atom stereocenters. The molecule has 0 aromatic heterocycles. The van der Waals surface area contributed by atoms with E-state index in [4.69, 9.17) is 4.74 Å². The highest BCUT2D eigenvalue weighted by Crippen LogP contribution is 2.27. The van der Waals surface area contributed by atoms with Gasteiger partial charge in [0.15, 0.2) is 6.61 Å². The Morgan fingerprint density at radius 1 is 1.08 bits per heavy atom. The van der Waals surface area contributed by atoms with Crippen LogP contribution in [-0.2, 0) is 20.7 Å². The van der Waals surface area contributed by atoms with E-state index in [1.165, 1.54) is 6.92 Å². The van der Waals surface area contributed by atoms with Gasteiger partial charge < -0.3 is 15.0 Å². The van der Waals surface area contributed by atoms with Crippen molar-refractivity contribution < 1.29 is 19.1 Å². The maximum Gasteiger partial charge on any atom is 0.328 e. The molecule has 6 heteroatoms. The van der Waals surface area contributed by atoms with E-state index in [-0.39, 0.29) is 18.4 Å². The van der Waals surface area contributed by atoms with Gasteiger partial charge in [-0.1, -0.05) is 36.4 Å². The van der Waals surface area contributed by atoms with Gasteiger partial charge in [0.05, 0.1) is 0 Å². The molecule has 0 bridgehead atoms. The van der Waals surface area contributed by atoms with Gasteiger partial charge >= 0.3 is 5.97 Å². The number of ether oxygens (including phenoxy) is 1.